The van der Waals surface area contributed by atoms with Crippen LogP contribution in [0.15, 0.2) is 48.5 Å². The SMILES string of the molecule is CCOc1ccc(C(=O)C(C)Oc2ccc([N+](=O)[O-])cc2)cc1. The minimum Gasteiger partial charge on any atom is -0.494 e. The van der Waals surface area contributed by atoms with E-state index in [1.807, 2.05) is 6.92 Å². The van der Waals surface area contributed by atoms with E-state index < -0.39 is 11.0 Å². The molecule has 23 heavy (non-hydrogen) atoms. The first-order valence-corrected chi connectivity index (χ1v) is 7.19. The molecule has 0 heterocycles. The number of ether oxygens (including phenoxy) is 2. The van der Waals surface area contributed by atoms with Crippen molar-refractivity contribution in [2.45, 2.75) is 20.0 Å². The predicted molar refractivity (Wildman–Crippen MR) is 85.1 cm³/mol. The molecular formula is C17H17NO5. The molecule has 0 aliphatic heterocycles. The summed E-state index contributed by atoms with van der Waals surface area (Å²) in [5, 5.41) is 10.6. The first kappa shape index (κ1) is 16.5. The fourth-order valence-corrected chi connectivity index (χ4v) is 2.02. The van der Waals surface area contributed by atoms with Gasteiger partial charge in [0.25, 0.3) is 5.69 Å². The van der Waals surface area contributed by atoms with Gasteiger partial charge >= 0.3 is 0 Å². The molecule has 0 bridgehead atoms. The summed E-state index contributed by atoms with van der Waals surface area (Å²) in [6.07, 6.45) is -0.700. The van der Waals surface area contributed by atoms with Gasteiger partial charge in [-0.25, -0.2) is 0 Å². The van der Waals surface area contributed by atoms with E-state index >= 15 is 0 Å². The van der Waals surface area contributed by atoms with Crippen molar-refractivity contribution < 1.29 is 19.2 Å². The highest BCUT2D eigenvalue weighted by Gasteiger charge is 2.17. The fraction of sp³-hybridized carbons (Fsp3) is 0.235. The Bertz CT molecular complexity index is 679. The Hall–Kier alpha value is -2.89. The molecule has 0 saturated carbocycles. The molecule has 2 aromatic rings. The van der Waals surface area contributed by atoms with Crippen molar-refractivity contribution in [1.29, 1.82) is 0 Å². The molecule has 0 aliphatic carbocycles. The molecule has 0 saturated heterocycles. The molecule has 1 atom stereocenters. The number of Topliss-reactive ketones (excluding diaryl/α,β-unsaturated/α-hetero) is 1. The van der Waals surface area contributed by atoms with E-state index in [2.05, 4.69) is 0 Å². The topological polar surface area (TPSA) is 78.7 Å². The van der Waals surface area contributed by atoms with Crippen LogP contribution in [0.5, 0.6) is 11.5 Å². The Morgan fingerprint density at radius 2 is 1.65 bits per heavy atom. The lowest BCUT2D eigenvalue weighted by Crippen LogP contribution is -2.23. The molecule has 120 valence electrons. The molecule has 2 aromatic carbocycles. The zero-order valence-electron chi connectivity index (χ0n) is 12.9. The number of hydrogen-bond acceptors (Lipinski definition) is 5. The van der Waals surface area contributed by atoms with Crippen molar-refractivity contribution in [3.05, 3.63) is 64.2 Å². The Morgan fingerprint density at radius 1 is 1.09 bits per heavy atom. The summed E-state index contributed by atoms with van der Waals surface area (Å²) in [5.41, 5.74) is 0.491. The van der Waals surface area contributed by atoms with Crippen molar-refractivity contribution in [3.63, 3.8) is 0 Å². The fourth-order valence-electron chi connectivity index (χ4n) is 2.02. The number of nitrogens with zero attached hydrogens (tertiary/aromatic N) is 1. The van der Waals surface area contributed by atoms with Crippen LogP contribution in [0.2, 0.25) is 0 Å². The third-order valence-electron chi connectivity index (χ3n) is 3.18. The van der Waals surface area contributed by atoms with Gasteiger partial charge in [0.15, 0.2) is 6.10 Å². The van der Waals surface area contributed by atoms with Crippen molar-refractivity contribution >= 4 is 11.5 Å². The average molecular weight is 315 g/mol. The smallest absolute Gasteiger partial charge is 0.269 e. The van der Waals surface area contributed by atoms with E-state index in [1.54, 1.807) is 31.2 Å². The second-order valence-corrected chi connectivity index (χ2v) is 4.83. The van der Waals surface area contributed by atoms with E-state index in [0.29, 0.717) is 23.7 Å². The van der Waals surface area contributed by atoms with Crippen molar-refractivity contribution in [1.82, 2.24) is 0 Å². The van der Waals surface area contributed by atoms with Gasteiger partial charge in [0.05, 0.1) is 11.5 Å². The van der Waals surface area contributed by atoms with Crippen LogP contribution >= 0.6 is 0 Å². The van der Waals surface area contributed by atoms with Crippen LogP contribution in [-0.4, -0.2) is 23.4 Å². The zero-order valence-corrected chi connectivity index (χ0v) is 12.9. The van der Waals surface area contributed by atoms with Gasteiger partial charge in [-0.1, -0.05) is 0 Å². The number of nitro benzene ring substituents is 1. The minimum absolute atomic E-state index is 0.0251. The number of non-ortho nitro benzene ring substituents is 1. The van der Waals surface area contributed by atoms with Crippen LogP contribution in [0, 0.1) is 10.1 Å². The van der Waals surface area contributed by atoms with Crippen molar-refractivity contribution in [3.8, 4) is 11.5 Å². The molecule has 6 heteroatoms. The highest BCUT2D eigenvalue weighted by Crippen LogP contribution is 2.20. The van der Waals surface area contributed by atoms with E-state index in [1.165, 1.54) is 24.3 Å². The minimum atomic E-state index is -0.700. The summed E-state index contributed by atoms with van der Waals surface area (Å²) in [6.45, 7) is 4.09. The molecule has 0 aromatic heterocycles. The molecule has 6 nitrogen and oxygen atoms in total. The zero-order chi connectivity index (χ0) is 16.8. The van der Waals surface area contributed by atoms with Crippen molar-refractivity contribution in [2.24, 2.45) is 0 Å². The van der Waals surface area contributed by atoms with Crippen LogP contribution in [0.3, 0.4) is 0 Å². The van der Waals surface area contributed by atoms with Crippen LogP contribution in [0.1, 0.15) is 24.2 Å². The summed E-state index contributed by atoms with van der Waals surface area (Å²) in [7, 11) is 0. The normalized spacial score (nSPS) is 11.6. The lowest BCUT2D eigenvalue weighted by atomic mass is 10.1. The Morgan fingerprint density at radius 3 is 2.17 bits per heavy atom. The maximum Gasteiger partial charge on any atom is 0.269 e. The summed E-state index contributed by atoms with van der Waals surface area (Å²) >= 11 is 0. The summed E-state index contributed by atoms with van der Waals surface area (Å²) < 4.78 is 10.9. The van der Waals surface area contributed by atoms with Crippen LogP contribution in [0.25, 0.3) is 0 Å². The number of ketones is 1. The lowest BCUT2D eigenvalue weighted by molar-refractivity contribution is -0.384. The standard InChI is InChI=1S/C17H17NO5/c1-3-22-15-8-4-13(5-9-15)17(19)12(2)23-16-10-6-14(7-11-16)18(20)21/h4-12H,3H2,1-2H3. The maximum absolute atomic E-state index is 12.3. The largest absolute Gasteiger partial charge is 0.494 e. The number of benzene rings is 2. The van der Waals surface area contributed by atoms with Gasteiger partial charge in [-0.05, 0) is 50.2 Å². The second kappa shape index (κ2) is 7.40. The Labute approximate surface area is 133 Å². The molecule has 2 rings (SSSR count). The molecule has 0 radical (unpaired) electrons. The van der Waals surface area contributed by atoms with Crippen LogP contribution in [-0.2, 0) is 0 Å². The molecule has 0 N–H and O–H groups in total. The first-order valence-electron chi connectivity index (χ1n) is 7.19. The third-order valence-corrected chi connectivity index (χ3v) is 3.18. The van der Waals surface area contributed by atoms with Gasteiger partial charge in [-0.3, -0.25) is 14.9 Å². The number of carbonyl (C=O) groups is 1. The van der Waals surface area contributed by atoms with Gasteiger partial charge in [0.2, 0.25) is 5.78 Å². The van der Waals surface area contributed by atoms with Crippen LogP contribution < -0.4 is 9.47 Å². The third kappa shape index (κ3) is 4.29. The van der Waals surface area contributed by atoms with Crippen molar-refractivity contribution in [2.75, 3.05) is 6.61 Å². The van der Waals surface area contributed by atoms with E-state index in [4.69, 9.17) is 9.47 Å². The number of nitro groups is 1. The average Bonchev–Trinajstić information content (AvgIpc) is 2.55. The molecule has 0 amide bonds. The van der Waals surface area contributed by atoms with Gasteiger partial charge in [-0.15, -0.1) is 0 Å². The number of hydrogen-bond donors (Lipinski definition) is 0. The van der Waals surface area contributed by atoms with E-state index in [-0.39, 0.29) is 11.5 Å². The van der Waals surface area contributed by atoms with Gasteiger partial charge < -0.3 is 9.47 Å². The maximum atomic E-state index is 12.3. The van der Waals surface area contributed by atoms with E-state index in [0.717, 1.165) is 0 Å². The number of rotatable bonds is 7. The van der Waals surface area contributed by atoms with E-state index in [9.17, 15) is 14.9 Å². The second-order valence-electron chi connectivity index (χ2n) is 4.83. The number of carbonyl (C=O) groups excluding carboxylic acids is 1. The summed E-state index contributed by atoms with van der Waals surface area (Å²) in [6, 6.07) is 12.4. The lowest BCUT2D eigenvalue weighted by Gasteiger charge is -2.14. The van der Waals surface area contributed by atoms with Gasteiger partial charge in [0, 0.05) is 17.7 Å². The molecular weight excluding hydrogens is 298 g/mol. The highest BCUT2D eigenvalue weighted by atomic mass is 16.6. The highest BCUT2D eigenvalue weighted by molar-refractivity contribution is 5.99. The predicted octanol–water partition coefficient (Wildman–Crippen LogP) is 3.64. The summed E-state index contributed by atoms with van der Waals surface area (Å²) in [4.78, 5) is 22.4. The molecule has 0 spiro atoms. The molecule has 0 fully saturated rings. The summed E-state index contributed by atoms with van der Waals surface area (Å²) in [5.74, 6) is 0.932. The first-order chi connectivity index (χ1) is 11.0. The quantitative estimate of drug-likeness (QED) is 0.443. The van der Waals surface area contributed by atoms with Gasteiger partial charge in [0.1, 0.15) is 11.5 Å². The van der Waals surface area contributed by atoms with Gasteiger partial charge in [-0.2, -0.15) is 0 Å². The molecule has 1 unspecified atom stereocenters. The monoisotopic (exact) mass is 315 g/mol. The Balaban J connectivity index is 2.02. The molecule has 0 aliphatic rings. The Kier molecular flexibility index (Phi) is 5.30. The van der Waals surface area contributed by atoms with Crippen LogP contribution in [0.4, 0.5) is 5.69 Å².